The Labute approximate surface area is 195 Å². The van der Waals surface area contributed by atoms with Crippen molar-refractivity contribution in [3.8, 4) is 5.75 Å². The van der Waals surface area contributed by atoms with Gasteiger partial charge in [0.05, 0.1) is 5.75 Å². The molecule has 0 saturated carbocycles. The highest BCUT2D eigenvalue weighted by Crippen LogP contribution is 2.20. The molecule has 0 aliphatic carbocycles. The Bertz CT molecular complexity index is 1060. The zero-order valence-electron chi connectivity index (χ0n) is 18.5. The van der Waals surface area contributed by atoms with Gasteiger partial charge in [-0.3, -0.25) is 20.4 Å². The van der Waals surface area contributed by atoms with Crippen LogP contribution in [0.15, 0.2) is 59.8 Å². The van der Waals surface area contributed by atoms with Crippen LogP contribution in [0.2, 0.25) is 0 Å². The molecule has 0 unspecified atom stereocenters. The quantitative estimate of drug-likeness (QED) is 0.346. The number of aromatic nitrogens is 3. The Morgan fingerprint density at radius 1 is 1.06 bits per heavy atom. The molecule has 3 aromatic rings. The predicted molar refractivity (Wildman–Crippen MR) is 123 cm³/mol. The predicted octanol–water partition coefficient (Wildman–Crippen LogP) is 3.60. The third-order valence-corrected chi connectivity index (χ3v) is 5.56. The van der Waals surface area contributed by atoms with Gasteiger partial charge in [0.2, 0.25) is 5.91 Å². The lowest BCUT2D eigenvalue weighted by molar-refractivity contribution is -0.119. The van der Waals surface area contributed by atoms with Crippen molar-refractivity contribution in [1.29, 1.82) is 0 Å². The molecule has 2 aromatic carbocycles. The molecule has 0 radical (unpaired) electrons. The number of rotatable bonds is 10. The molecule has 3 rings (SSSR count). The summed E-state index contributed by atoms with van der Waals surface area (Å²) < 4.78 is 20.7. The van der Waals surface area contributed by atoms with Gasteiger partial charge in [0, 0.05) is 12.1 Å². The standard InChI is InChI=1S/C23H26FN5O3S/c1-16(2)12-13-29-20(14-32-19-6-4-3-5-7-19)25-28-23(29)33-15-21(30)26-27-22(31)17-8-10-18(24)11-9-17/h3-11,16H,12-15H2,1-2H3,(H,26,30)(H,27,31). The second kappa shape index (κ2) is 12.0. The summed E-state index contributed by atoms with van der Waals surface area (Å²) in [4.78, 5) is 24.2. The van der Waals surface area contributed by atoms with Gasteiger partial charge >= 0.3 is 0 Å². The van der Waals surface area contributed by atoms with Gasteiger partial charge in [-0.1, -0.05) is 43.8 Å². The van der Waals surface area contributed by atoms with Gasteiger partial charge in [-0.2, -0.15) is 0 Å². The van der Waals surface area contributed by atoms with Crippen LogP contribution in [-0.2, 0) is 17.9 Å². The summed E-state index contributed by atoms with van der Waals surface area (Å²) in [5.41, 5.74) is 4.91. The van der Waals surface area contributed by atoms with E-state index >= 15 is 0 Å². The highest BCUT2D eigenvalue weighted by molar-refractivity contribution is 7.99. The first-order valence-electron chi connectivity index (χ1n) is 10.5. The molecular weight excluding hydrogens is 445 g/mol. The Morgan fingerprint density at radius 2 is 1.79 bits per heavy atom. The van der Waals surface area contributed by atoms with Crippen LogP contribution >= 0.6 is 11.8 Å². The fourth-order valence-corrected chi connectivity index (χ4v) is 3.56. The first-order valence-corrected chi connectivity index (χ1v) is 11.5. The number of hydrogen-bond donors (Lipinski definition) is 2. The molecule has 2 amide bonds. The number of halogens is 1. The molecule has 1 heterocycles. The van der Waals surface area contributed by atoms with E-state index in [1.807, 2.05) is 34.9 Å². The SMILES string of the molecule is CC(C)CCn1c(COc2ccccc2)nnc1SCC(=O)NNC(=O)c1ccc(F)cc1. The maximum Gasteiger partial charge on any atom is 0.269 e. The van der Waals surface area contributed by atoms with E-state index in [4.69, 9.17) is 4.74 Å². The normalized spacial score (nSPS) is 10.8. The average molecular weight is 472 g/mol. The summed E-state index contributed by atoms with van der Waals surface area (Å²) in [6, 6.07) is 14.5. The topological polar surface area (TPSA) is 98.1 Å². The summed E-state index contributed by atoms with van der Waals surface area (Å²) in [7, 11) is 0. The van der Waals surface area contributed by atoms with Gasteiger partial charge in [-0.05, 0) is 48.7 Å². The Morgan fingerprint density at radius 3 is 2.48 bits per heavy atom. The van der Waals surface area contributed by atoms with E-state index < -0.39 is 17.6 Å². The smallest absolute Gasteiger partial charge is 0.269 e. The van der Waals surface area contributed by atoms with E-state index in [1.54, 1.807) is 0 Å². The summed E-state index contributed by atoms with van der Waals surface area (Å²) in [5, 5.41) is 9.06. The van der Waals surface area contributed by atoms with Crippen molar-refractivity contribution >= 4 is 23.6 Å². The number of thioether (sulfide) groups is 1. The molecule has 0 fully saturated rings. The number of nitrogens with one attached hydrogen (secondary N) is 2. The Hall–Kier alpha value is -3.40. The van der Waals surface area contributed by atoms with E-state index in [1.165, 1.54) is 36.0 Å². The van der Waals surface area contributed by atoms with Crippen molar-refractivity contribution in [2.75, 3.05) is 5.75 Å². The lowest BCUT2D eigenvalue weighted by atomic mass is 10.1. The number of nitrogens with zero attached hydrogens (tertiary/aromatic N) is 3. The fourth-order valence-electron chi connectivity index (χ4n) is 2.78. The number of hydrazine groups is 1. The number of carbonyl (C=O) groups excluding carboxylic acids is 2. The van der Waals surface area contributed by atoms with Gasteiger partial charge in [0.15, 0.2) is 11.0 Å². The first-order chi connectivity index (χ1) is 15.9. The zero-order valence-corrected chi connectivity index (χ0v) is 19.3. The van der Waals surface area contributed by atoms with Gasteiger partial charge in [0.25, 0.3) is 5.91 Å². The number of ether oxygens (including phenoxy) is 1. The van der Waals surface area contributed by atoms with Gasteiger partial charge in [-0.25, -0.2) is 4.39 Å². The van der Waals surface area contributed by atoms with Crippen LogP contribution in [0.4, 0.5) is 4.39 Å². The van der Waals surface area contributed by atoms with Crippen LogP contribution in [-0.4, -0.2) is 32.3 Å². The van der Waals surface area contributed by atoms with E-state index in [0.29, 0.717) is 23.4 Å². The van der Waals surface area contributed by atoms with Crippen molar-refractivity contribution in [3.63, 3.8) is 0 Å². The molecule has 2 N–H and O–H groups in total. The van der Waals surface area contributed by atoms with Gasteiger partial charge in [0.1, 0.15) is 18.2 Å². The molecule has 0 spiro atoms. The first kappa shape index (κ1) is 24.2. The van der Waals surface area contributed by atoms with Crippen molar-refractivity contribution in [2.45, 2.75) is 38.6 Å². The van der Waals surface area contributed by atoms with Crippen molar-refractivity contribution in [3.05, 3.63) is 71.8 Å². The molecule has 8 nitrogen and oxygen atoms in total. The van der Waals surface area contributed by atoms with E-state index in [2.05, 4.69) is 34.9 Å². The minimum Gasteiger partial charge on any atom is -0.486 e. The molecular formula is C23H26FN5O3S. The molecule has 33 heavy (non-hydrogen) atoms. The maximum absolute atomic E-state index is 13.0. The van der Waals surface area contributed by atoms with Crippen LogP contribution in [0.3, 0.4) is 0 Å². The number of hydrogen-bond acceptors (Lipinski definition) is 6. The number of amides is 2. The molecule has 0 atom stereocenters. The second-order valence-corrected chi connectivity index (χ2v) is 8.58. The van der Waals surface area contributed by atoms with Crippen LogP contribution in [0, 0.1) is 11.7 Å². The molecule has 0 aliphatic heterocycles. The summed E-state index contributed by atoms with van der Waals surface area (Å²) >= 11 is 1.22. The number of para-hydroxylation sites is 1. The average Bonchev–Trinajstić information content (AvgIpc) is 3.21. The van der Waals surface area contributed by atoms with E-state index in [-0.39, 0.29) is 17.9 Å². The van der Waals surface area contributed by atoms with Crippen LogP contribution < -0.4 is 15.6 Å². The Balaban J connectivity index is 1.55. The third kappa shape index (κ3) is 7.60. The lowest BCUT2D eigenvalue weighted by Crippen LogP contribution is -2.42. The fraction of sp³-hybridized carbons (Fsp3) is 0.304. The largest absolute Gasteiger partial charge is 0.486 e. The van der Waals surface area contributed by atoms with Crippen LogP contribution in [0.25, 0.3) is 0 Å². The van der Waals surface area contributed by atoms with Crippen LogP contribution in [0.1, 0.15) is 36.5 Å². The molecule has 0 saturated heterocycles. The molecule has 0 aliphatic rings. The highest BCUT2D eigenvalue weighted by Gasteiger charge is 2.16. The summed E-state index contributed by atoms with van der Waals surface area (Å²) in [6.07, 6.45) is 0.920. The summed E-state index contributed by atoms with van der Waals surface area (Å²) in [6.45, 7) is 5.22. The zero-order chi connectivity index (χ0) is 23.6. The van der Waals surface area contributed by atoms with Crippen molar-refractivity contribution in [1.82, 2.24) is 25.6 Å². The Kier molecular flexibility index (Phi) is 8.82. The maximum atomic E-state index is 13.0. The molecule has 10 heteroatoms. The minimum absolute atomic E-state index is 0.0308. The molecule has 0 bridgehead atoms. The lowest BCUT2D eigenvalue weighted by Gasteiger charge is -2.12. The van der Waals surface area contributed by atoms with E-state index in [0.717, 1.165) is 12.2 Å². The van der Waals surface area contributed by atoms with Crippen molar-refractivity contribution < 1.29 is 18.7 Å². The number of benzene rings is 2. The second-order valence-electron chi connectivity index (χ2n) is 7.63. The number of carbonyl (C=O) groups is 2. The van der Waals surface area contributed by atoms with Gasteiger partial charge in [-0.15, -0.1) is 10.2 Å². The molecule has 1 aromatic heterocycles. The minimum atomic E-state index is -0.534. The third-order valence-electron chi connectivity index (χ3n) is 4.59. The summed E-state index contributed by atoms with van der Waals surface area (Å²) in [5.74, 6) is 0.543. The van der Waals surface area contributed by atoms with Crippen molar-refractivity contribution in [2.24, 2.45) is 5.92 Å². The highest BCUT2D eigenvalue weighted by atomic mass is 32.2. The van der Waals surface area contributed by atoms with E-state index in [9.17, 15) is 14.0 Å². The molecule has 174 valence electrons. The van der Waals surface area contributed by atoms with Gasteiger partial charge < -0.3 is 9.30 Å². The van der Waals surface area contributed by atoms with Crippen LogP contribution in [0.5, 0.6) is 5.75 Å². The monoisotopic (exact) mass is 471 g/mol.